The van der Waals surface area contributed by atoms with Crippen LogP contribution in [-0.4, -0.2) is 4.57 Å². The van der Waals surface area contributed by atoms with Crippen LogP contribution in [-0.2, 0) is 7.05 Å². The molecule has 2 aromatic carbocycles. The molecular formula is C16H13BrFNO2. The lowest BCUT2D eigenvalue weighted by molar-refractivity contribution is 0.528. The molecule has 0 aliphatic carbocycles. The van der Waals surface area contributed by atoms with Crippen LogP contribution in [0.4, 0.5) is 4.39 Å². The normalized spacial score (nSPS) is 12.8. The number of nitrogens with zero attached hydrogens (tertiary/aromatic N) is 1. The van der Waals surface area contributed by atoms with Crippen LogP contribution in [0.1, 0.15) is 21.5 Å². The van der Waals surface area contributed by atoms with Gasteiger partial charge in [0.05, 0.1) is 10.3 Å². The number of hydrogen-bond donors (Lipinski definition) is 0. The van der Waals surface area contributed by atoms with Gasteiger partial charge in [0.15, 0.2) is 5.58 Å². The lowest BCUT2D eigenvalue weighted by Crippen LogP contribution is -2.08. The van der Waals surface area contributed by atoms with Gasteiger partial charge in [0.2, 0.25) is 0 Å². The van der Waals surface area contributed by atoms with Gasteiger partial charge in [-0.1, -0.05) is 28.1 Å². The Labute approximate surface area is 129 Å². The van der Waals surface area contributed by atoms with Crippen molar-refractivity contribution in [3.63, 3.8) is 0 Å². The highest BCUT2D eigenvalue weighted by Crippen LogP contribution is 2.34. The second-order valence-electron chi connectivity index (χ2n) is 5.02. The Kier molecular flexibility index (Phi) is 3.45. The Morgan fingerprint density at radius 1 is 1.24 bits per heavy atom. The summed E-state index contributed by atoms with van der Waals surface area (Å²) in [7, 11) is 1.67. The highest BCUT2D eigenvalue weighted by molar-refractivity contribution is 9.09. The predicted molar refractivity (Wildman–Crippen MR) is 83.4 cm³/mol. The van der Waals surface area contributed by atoms with Crippen LogP contribution in [0.3, 0.4) is 0 Å². The maximum Gasteiger partial charge on any atom is 0.419 e. The number of aryl methyl sites for hydroxylation is 2. The maximum absolute atomic E-state index is 13.2. The fourth-order valence-electron chi connectivity index (χ4n) is 2.41. The first-order valence-corrected chi connectivity index (χ1v) is 7.38. The van der Waals surface area contributed by atoms with Crippen molar-refractivity contribution in [3.8, 4) is 0 Å². The summed E-state index contributed by atoms with van der Waals surface area (Å²) in [6.07, 6.45) is 0. The van der Waals surface area contributed by atoms with Crippen molar-refractivity contribution in [2.24, 2.45) is 7.05 Å². The van der Waals surface area contributed by atoms with Crippen molar-refractivity contribution >= 4 is 27.0 Å². The quantitative estimate of drug-likeness (QED) is 0.654. The van der Waals surface area contributed by atoms with E-state index in [2.05, 4.69) is 15.9 Å². The van der Waals surface area contributed by atoms with Crippen LogP contribution in [0.25, 0.3) is 11.1 Å². The smallest absolute Gasteiger partial charge is 0.408 e. The third-order valence-corrected chi connectivity index (χ3v) is 4.64. The minimum Gasteiger partial charge on any atom is -0.408 e. The molecule has 3 rings (SSSR count). The summed E-state index contributed by atoms with van der Waals surface area (Å²) in [6.45, 7) is 1.87. The molecule has 0 N–H and O–H groups in total. The van der Waals surface area contributed by atoms with Crippen molar-refractivity contribution in [3.05, 3.63) is 69.5 Å². The molecule has 0 saturated carbocycles. The minimum atomic E-state index is -0.383. The molecule has 0 radical (unpaired) electrons. The monoisotopic (exact) mass is 349 g/mol. The fourth-order valence-corrected chi connectivity index (χ4v) is 3.21. The van der Waals surface area contributed by atoms with Crippen molar-refractivity contribution in [2.75, 3.05) is 0 Å². The summed E-state index contributed by atoms with van der Waals surface area (Å²) in [5, 5.41) is 0. The summed E-state index contributed by atoms with van der Waals surface area (Å²) in [6, 6.07) is 10.3. The molecule has 0 fully saturated rings. The van der Waals surface area contributed by atoms with Gasteiger partial charge in [-0.2, -0.15) is 0 Å². The molecule has 21 heavy (non-hydrogen) atoms. The Morgan fingerprint density at radius 3 is 2.71 bits per heavy atom. The summed E-state index contributed by atoms with van der Waals surface area (Å²) in [5.74, 6) is -0.633. The van der Waals surface area contributed by atoms with E-state index < -0.39 is 0 Å². The maximum atomic E-state index is 13.2. The zero-order valence-corrected chi connectivity index (χ0v) is 13.1. The number of halogens is 2. The Morgan fingerprint density at radius 2 is 2.00 bits per heavy atom. The van der Waals surface area contributed by atoms with Gasteiger partial charge >= 0.3 is 5.76 Å². The first-order chi connectivity index (χ1) is 9.97. The van der Waals surface area contributed by atoms with Gasteiger partial charge in [0.1, 0.15) is 5.82 Å². The number of rotatable bonds is 2. The van der Waals surface area contributed by atoms with Crippen LogP contribution in [0.5, 0.6) is 0 Å². The molecule has 1 atom stereocenters. The molecule has 0 aliphatic rings. The number of alkyl halides is 1. The minimum absolute atomic E-state index is 0.0898. The first-order valence-electron chi connectivity index (χ1n) is 6.47. The molecule has 3 aromatic rings. The van der Waals surface area contributed by atoms with Gasteiger partial charge in [-0.05, 0) is 47.9 Å². The van der Waals surface area contributed by atoms with E-state index in [1.807, 2.05) is 25.1 Å². The second kappa shape index (κ2) is 5.15. The molecule has 0 spiro atoms. The van der Waals surface area contributed by atoms with E-state index in [-0.39, 0.29) is 16.4 Å². The second-order valence-corrected chi connectivity index (χ2v) is 5.93. The molecule has 0 saturated heterocycles. The molecular weight excluding hydrogens is 337 g/mol. The van der Waals surface area contributed by atoms with Gasteiger partial charge in [0.25, 0.3) is 0 Å². The van der Waals surface area contributed by atoms with Crippen molar-refractivity contribution in [1.29, 1.82) is 0 Å². The van der Waals surface area contributed by atoms with Crippen LogP contribution >= 0.6 is 15.9 Å². The lowest BCUT2D eigenvalue weighted by atomic mass is 10.00. The van der Waals surface area contributed by atoms with E-state index in [0.29, 0.717) is 5.58 Å². The van der Waals surface area contributed by atoms with Crippen molar-refractivity contribution < 1.29 is 8.81 Å². The average Bonchev–Trinajstić information content (AvgIpc) is 2.73. The highest BCUT2D eigenvalue weighted by atomic mass is 79.9. The number of benzene rings is 2. The zero-order valence-electron chi connectivity index (χ0n) is 11.6. The molecule has 1 aromatic heterocycles. The van der Waals surface area contributed by atoms with Crippen LogP contribution in [0.2, 0.25) is 0 Å². The first kappa shape index (κ1) is 14.1. The topological polar surface area (TPSA) is 35.1 Å². The number of oxazole rings is 1. The van der Waals surface area contributed by atoms with Crippen molar-refractivity contribution in [2.45, 2.75) is 11.8 Å². The van der Waals surface area contributed by atoms with Gasteiger partial charge in [-0.25, -0.2) is 9.18 Å². The Hall–Kier alpha value is -1.88. The summed E-state index contributed by atoms with van der Waals surface area (Å²) in [5.41, 5.74) is 4.09. The molecule has 3 nitrogen and oxygen atoms in total. The van der Waals surface area contributed by atoms with Gasteiger partial charge in [-0.15, -0.1) is 0 Å². The largest absolute Gasteiger partial charge is 0.419 e. The summed E-state index contributed by atoms with van der Waals surface area (Å²) in [4.78, 5) is 11.4. The number of fused-ring (bicyclic) bond motifs is 1. The molecule has 5 heteroatoms. The third kappa shape index (κ3) is 2.42. The average molecular weight is 350 g/mol. The zero-order chi connectivity index (χ0) is 15.1. The highest BCUT2D eigenvalue weighted by Gasteiger charge is 2.15. The summed E-state index contributed by atoms with van der Waals surface area (Å²) >= 11 is 3.63. The van der Waals surface area contributed by atoms with E-state index in [9.17, 15) is 9.18 Å². The van der Waals surface area contributed by atoms with E-state index in [0.717, 1.165) is 22.2 Å². The van der Waals surface area contributed by atoms with E-state index in [1.165, 1.54) is 16.7 Å². The fraction of sp³-hybridized carbons (Fsp3) is 0.188. The third-order valence-electron chi connectivity index (χ3n) is 3.61. The van der Waals surface area contributed by atoms with E-state index >= 15 is 0 Å². The van der Waals surface area contributed by atoms with Gasteiger partial charge in [-0.3, -0.25) is 4.57 Å². The standard InChI is InChI=1S/C16H13BrFNO2/c1-9-7-11(18)4-5-12(9)15(17)10-3-6-13-14(8-10)21-16(20)19(13)2/h3-8,15H,1-2H3. The van der Waals surface area contributed by atoms with E-state index in [1.54, 1.807) is 13.1 Å². The number of aromatic nitrogens is 1. The van der Waals surface area contributed by atoms with E-state index in [4.69, 9.17) is 4.42 Å². The molecule has 1 unspecified atom stereocenters. The molecule has 108 valence electrons. The molecule has 0 aliphatic heterocycles. The summed E-state index contributed by atoms with van der Waals surface area (Å²) < 4.78 is 19.9. The van der Waals surface area contributed by atoms with Gasteiger partial charge in [0, 0.05) is 7.05 Å². The van der Waals surface area contributed by atoms with Crippen molar-refractivity contribution in [1.82, 2.24) is 4.57 Å². The van der Waals surface area contributed by atoms with Crippen LogP contribution in [0.15, 0.2) is 45.6 Å². The van der Waals surface area contributed by atoms with Crippen LogP contribution < -0.4 is 5.76 Å². The van der Waals surface area contributed by atoms with Crippen LogP contribution in [0, 0.1) is 12.7 Å². The lowest BCUT2D eigenvalue weighted by Gasteiger charge is -2.13. The SMILES string of the molecule is Cc1cc(F)ccc1C(Br)c1ccc2c(c1)oc(=O)n2C. The molecule has 0 amide bonds. The molecule has 1 heterocycles. The predicted octanol–water partition coefficient (Wildman–Crippen LogP) is 4.06. The van der Waals surface area contributed by atoms with Gasteiger partial charge < -0.3 is 4.42 Å². The Balaban J connectivity index is 2.09. The number of hydrogen-bond acceptors (Lipinski definition) is 2. The molecule has 0 bridgehead atoms. The Bertz CT molecular complexity index is 882.